The molecule has 0 amide bonds. The van der Waals surface area contributed by atoms with Crippen LogP contribution in [-0.2, 0) is 13.6 Å². The maximum Gasteiger partial charge on any atom is 0.214 e. The molecule has 20 heavy (non-hydrogen) atoms. The first kappa shape index (κ1) is 11.5. The van der Waals surface area contributed by atoms with E-state index < -0.39 is 0 Å². The van der Waals surface area contributed by atoms with Crippen molar-refractivity contribution < 1.29 is 4.42 Å². The molecule has 0 radical (unpaired) electrons. The van der Waals surface area contributed by atoms with Gasteiger partial charge in [0.05, 0.1) is 17.8 Å². The van der Waals surface area contributed by atoms with E-state index in [4.69, 9.17) is 4.42 Å². The molecule has 0 unspecified atom stereocenters. The van der Waals surface area contributed by atoms with E-state index in [2.05, 4.69) is 10.1 Å². The highest BCUT2D eigenvalue weighted by molar-refractivity contribution is 5.74. The van der Waals surface area contributed by atoms with Crippen LogP contribution in [0.4, 0.5) is 0 Å². The van der Waals surface area contributed by atoms with Crippen LogP contribution in [-0.4, -0.2) is 19.3 Å². The van der Waals surface area contributed by atoms with Gasteiger partial charge in [-0.1, -0.05) is 0 Å². The molecule has 0 bridgehead atoms. The number of pyridine rings is 1. The normalized spacial score (nSPS) is 15.1. The Morgan fingerprint density at radius 1 is 1.40 bits per heavy atom. The van der Waals surface area contributed by atoms with Crippen molar-refractivity contribution in [3.8, 4) is 0 Å². The highest BCUT2D eigenvalue weighted by atomic mass is 16.4. The summed E-state index contributed by atoms with van der Waals surface area (Å²) in [4.78, 5) is 16.1. The molecular formula is C14H14N4O2. The van der Waals surface area contributed by atoms with Gasteiger partial charge in [0, 0.05) is 25.2 Å². The number of aryl methyl sites for hydroxylation is 1. The van der Waals surface area contributed by atoms with Gasteiger partial charge in [-0.05, 0) is 12.8 Å². The van der Waals surface area contributed by atoms with Crippen molar-refractivity contribution in [2.75, 3.05) is 0 Å². The van der Waals surface area contributed by atoms with Gasteiger partial charge in [-0.25, -0.2) is 4.98 Å². The fourth-order valence-corrected chi connectivity index (χ4v) is 2.49. The van der Waals surface area contributed by atoms with Crippen LogP contribution in [0.3, 0.4) is 0 Å². The Labute approximate surface area is 114 Å². The highest BCUT2D eigenvalue weighted by Gasteiger charge is 2.27. The van der Waals surface area contributed by atoms with E-state index in [1.54, 1.807) is 23.1 Å². The van der Waals surface area contributed by atoms with Gasteiger partial charge in [0.2, 0.25) is 5.89 Å². The Hall–Kier alpha value is -2.37. The molecule has 1 aliphatic rings. The average molecular weight is 270 g/mol. The van der Waals surface area contributed by atoms with Crippen LogP contribution in [0.1, 0.15) is 30.4 Å². The van der Waals surface area contributed by atoms with Crippen molar-refractivity contribution in [1.29, 1.82) is 0 Å². The monoisotopic (exact) mass is 270 g/mol. The molecule has 102 valence electrons. The van der Waals surface area contributed by atoms with Crippen molar-refractivity contribution in [2.24, 2.45) is 7.05 Å². The van der Waals surface area contributed by atoms with E-state index in [0.29, 0.717) is 23.7 Å². The van der Waals surface area contributed by atoms with Gasteiger partial charge in [-0.15, -0.1) is 0 Å². The summed E-state index contributed by atoms with van der Waals surface area (Å²) < 4.78 is 9.40. The summed E-state index contributed by atoms with van der Waals surface area (Å²) in [5.41, 5.74) is 0.763. The molecule has 1 saturated carbocycles. The van der Waals surface area contributed by atoms with Crippen molar-refractivity contribution in [2.45, 2.75) is 25.3 Å². The molecule has 3 heterocycles. The number of aromatic nitrogens is 4. The number of rotatable bonds is 3. The lowest BCUT2D eigenvalue weighted by Crippen LogP contribution is -2.10. The zero-order chi connectivity index (χ0) is 13.7. The minimum atomic E-state index is -0.0181. The number of nitrogens with zero attached hydrogens (tertiary/aromatic N) is 4. The topological polar surface area (TPSA) is 65.8 Å². The molecule has 1 aliphatic carbocycles. The van der Waals surface area contributed by atoms with Crippen molar-refractivity contribution in [3.63, 3.8) is 0 Å². The Bertz CT molecular complexity index is 838. The molecule has 0 spiro atoms. The lowest BCUT2D eigenvalue weighted by atomic mass is 10.3. The third-order valence-corrected chi connectivity index (χ3v) is 3.71. The Morgan fingerprint density at radius 2 is 2.25 bits per heavy atom. The first-order chi connectivity index (χ1) is 9.72. The summed E-state index contributed by atoms with van der Waals surface area (Å²) in [7, 11) is 1.82. The number of hydrogen-bond donors (Lipinski definition) is 0. The van der Waals surface area contributed by atoms with Gasteiger partial charge >= 0.3 is 0 Å². The molecule has 0 saturated heterocycles. The molecule has 3 aromatic rings. The highest BCUT2D eigenvalue weighted by Crippen LogP contribution is 2.40. The van der Waals surface area contributed by atoms with Crippen LogP contribution in [0.5, 0.6) is 0 Å². The van der Waals surface area contributed by atoms with Crippen LogP contribution in [0.2, 0.25) is 0 Å². The second-order valence-corrected chi connectivity index (χ2v) is 5.24. The van der Waals surface area contributed by atoms with Crippen molar-refractivity contribution in [1.82, 2.24) is 19.3 Å². The van der Waals surface area contributed by atoms with Crippen LogP contribution in [0, 0.1) is 0 Å². The van der Waals surface area contributed by atoms with Crippen LogP contribution in [0.25, 0.3) is 11.0 Å². The standard InChI is InChI=1S/C14H14N4O2/c1-17-14-10(6-16-17)11(19)4-5-18(14)8-13-15-7-12(20-13)9-2-3-9/h4-7,9H,2-3,8H2,1H3. The quantitative estimate of drug-likeness (QED) is 0.725. The summed E-state index contributed by atoms with van der Waals surface area (Å²) >= 11 is 0. The Morgan fingerprint density at radius 3 is 3.05 bits per heavy atom. The first-order valence-electron chi connectivity index (χ1n) is 6.68. The van der Waals surface area contributed by atoms with Crippen molar-refractivity contribution >= 4 is 11.0 Å². The van der Waals surface area contributed by atoms with Gasteiger partial charge < -0.3 is 8.98 Å². The Kier molecular flexibility index (Phi) is 2.33. The summed E-state index contributed by atoms with van der Waals surface area (Å²) in [6, 6.07) is 1.55. The molecule has 1 fully saturated rings. The predicted molar refractivity (Wildman–Crippen MR) is 72.6 cm³/mol. The van der Waals surface area contributed by atoms with E-state index in [1.165, 1.54) is 12.8 Å². The largest absolute Gasteiger partial charge is 0.443 e. The molecule has 4 rings (SSSR count). The lowest BCUT2D eigenvalue weighted by molar-refractivity contribution is 0.444. The summed E-state index contributed by atoms with van der Waals surface area (Å²) in [6.07, 6.45) is 7.56. The maximum absolute atomic E-state index is 11.8. The third-order valence-electron chi connectivity index (χ3n) is 3.71. The molecule has 0 aliphatic heterocycles. The number of fused-ring (bicyclic) bond motifs is 1. The zero-order valence-corrected chi connectivity index (χ0v) is 11.1. The minimum absolute atomic E-state index is 0.0181. The molecule has 6 heteroatoms. The fourth-order valence-electron chi connectivity index (χ4n) is 2.49. The van der Waals surface area contributed by atoms with Gasteiger partial charge in [-0.3, -0.25) is 9.48 Å². The first-order valence-corrected chi connectivity index (χ1v) is 6.68. The van der Waals surface area contributed by atoms with E-state index in [0.717, 1.165) is 11.4 Å². The second kappa shape index (κ2) is 4.06. The lowest BCUT2D eigenvalue weighted by Gasteiger charge is -2.06. The van der Waals surface area contributed by atoms with E-state index >= 15 is 0 Å². The van der Waals surface area contributed by atoms with E-state index in [1.807, 2.05) is 17.8 Å². The summed E-state index contributed by atoms with van der Waals surface area (Å²) in [5.74, 6) is 2.20. The molecule has 0 atom stereocenters. The third kappa shape index (κ3) is 1.76. The SMILES string of the molecule is Cn1ncc2c(=O)ccn(Cc3ncc(C4CC4)o3)c21. The van der Waals surface area contributed by atoms with E-state index in [9.17, 15) is 4.79 Å². The Balaban J connectivity index is 1.75. The molecule has 0 N–H and O–H groups in total. The molecule has 3 aromatic heterocycles. The van der Waals surface area contributed by atoms with E-state index in [-0.39, 0.29) is 5.43 Å². The van der Waals surface area contributed by atoms with Gasteiger partial charge in [0.15, 0.2) is 5.43 Å². The predicted octanol–water partition coefficient (Wildman–Crippen LogP) is 1.65. The number of hydrogen-bond acceptors (Lipinski definition) is 4. The van der Waals surface area contributed by atoms with Gasteiger partial charge in [0.25, 0.3) is 0 Å². The summed E-state index contributed by atoms with van der Waals surface area (Å²) in [6.45, 7) is 0.503. The van der Waals surface area contributed by atoms with Gasteiger partial charge in [-0.2, -0.15) is 5.10 Å². The smallest absolute Gasteiger partial charge is 0.214 e. The maximum atomic E-state index is 11.8. The fraction of sp³-hybridized carbons (Fsp3) is 0.357. The molecular weight excluding hydrogens is 256 g/mol. The zero-order valence-electron chi connectivity index (χ0n) is 11.1. The molecule has 6 nitrogen and oxygen atoms in total. The van der Waals surface area contributed by atoms with Gasteiger partial charge in [0.1, 0.15) is 18.0 Å². The number of oxazole rings is 1. The van der Waals surface area contributed by atoms with Crippen molar-refractivity contribution in [3.05, 3.63) is 46.5 Å². The molecule has 0 aromatic carbocycles. The second-order valence-electron chi connectivity index (χ2n) is 5.24. The average Bonchev–Trinajstić information content (AvgIpc) is 3.06. The van der Waals surface area contributed by atoms with Crippen LogP contribution < -0.4 is 5.43 Å². The van der Waals surface area contributed by atoms with Crippen LogP contribution >= 0.6 is 0 Å². The summed E-state index contributed by atoms with van der Waals surface area (Å²) in [5, 5.41) is 4.76. The van der Waals surface area contributed by atoms with Crippen LogP contribution in [0.15, 0.2) is 33.9 Å². The minimum Gasteiger partial charge on any atom is -0.443 e.